The van der Waals surface area contributed by atoms with E-state index in [9.17, 15) is 18.0 Å². The van der Waals surface area contributed by atoms with Gasteiger partial charge in [0.1, 0.15) is 0 Å². The number of nitrogens with zero attached hydrogens (tertiary/aromatic N) is 2. The molecule has 0 spiro atoms. The molecule has 7 heteroatoms. The van der Waals surface area contributed by atoms with Crippen LogP contribution in [0.2, 0.25) is 0 Å². The first-order valence-corrected chi connectivity index (χ1v) is 5.86. The summed E-state index contributed by atoms with van der Waals surface area (Å²) in [6.45, 7) is 2.39. The summed E-state index contributed by atoms with van der Waals surface area (Å²) in [6.07, 6.45) is -1.73. The summed E-state index contributed by atoms with van der Waals surface area (Å²) in [6, 6.07) is 2.70. The van der Waals surface area contributed by atoms with Gasteiger partial charge in [-0.25, -0.2) is 0 Å². The fourth-order valence-electron chi connectivity index (χ4n) is 1.74. The lowest BCUT2D eigenvalue weighted by Crippen LogP contribution is -2.10. The highest BCUT2D eigenvalue weighted by Crippen LogP contribution is 2.31. The number of halogens is 3. The van der Waals surface area contributed by atoms with Gasteiger partial charge in [-0.1, -0.05) is 0 Å². The third kappa shape index (κ3) is 2.66. The van der Waals surface area contributed by atoms with Crippen LogP contribution >= 0.6 is 0 Å². The molecule has 0 radical (unpaired) electrons. The predicted octanol–water partition coefficient (Wildman–Crippen LogP) is 2.73. The number of nitrogen functional groups attached to an aromatic ring is 1. The normalized spacial score (nSPS) is 11.6. The van der Waals surface area contributed by atoms with E-state index in [-0.39, 0.29) is 16.8 Å². The van der Waals surface area contributed by atoms with E-state index in [1.54, 1.807) is 0 Å². The summed E-state index contributed by atoms with van der Waals surface area (Å²) in [7, 11) is 0. The molecule has 4 nitrogen and oxygen atoms in total. The van der Waals surface area contributed by atoms with Gasteiger partial charge in [-0.3, -0.25) is 9.48 Å². The van der Waals surface area contributed by atoms with E-state index in [0.717, 1.165) is 18.2 Å². The maximum absolute atomic E-state index is 12.7. The number of carbonyl (C=O) groups excluding carboxylic acids is 1. The minimum absolute atomic E-state index is 0.00671. The summed E-state index contributed by atoms with van der Waals surface area (Å²) in [5, 5.41) is 3.91. The standard InChI is InChI=1S/C13H12F3N3O/c1-2-19-7-8(6-18-19)12(20)10-5-9(13(14,15)16)3-4-11(10)17/h3-7H,2,17H2,1H3. The minimum atomic E-state index is -4.52. The second-order valence-electron chi connectivity index (χ2n) is 4.21. The number of aryl methyl sites for hydroxylation is 1. The van der Waals surface area contributed by atoms with Crippen LogP contribution in [0.15, 0.2) is 30.6 Å². The molecular formula is C13H12F3N3O. The van der Waals surface area contributed by atoms with Crippen molar-refractivity contribution >= 4 is 11.5 Å². The van der Waals surface area contributed by atoms with E-state index in [4.69, 9.17) is 5.73 Å². The number of hydrogen-bond acceptors (Lipinski definition) is 3. The van der Waals surface area contributed by atoms with Crippen LogP contribution in [0.3, 0.4) is 0 Å². The second kappa shape index (κ2) is 4.99. The molecule has 0 saturated carbocycles. The summed E-state index contributed by atoms with van der Waals surface area (Å²) in [4.78, 5) is 12.2. The first-order chi connectivity index (χ1) is 9.32. The Hall–Kier alpha value is -2.31. The Balaban J connectivity index is 2.43. The molecule has 2 rings (SSSR count). The maximum atomic E-state index is 12.7. The lowest BCUT2D eigenvalue weighted by atomic mass is 10.0. The number of aromatic nitrogens is 2. The van der Waals surface area contributed by atoms with Crippen LogP contribution in [0.1, 0.15) is 28.4 Å². The number of rotatable bonds is 3. The molecule has 0 bridgehead atoms. The van der Waals surface area contributed by atoms with Gasteiger partial charge in [0.05, 0.1) is 17.3 Å². The van der Waals surface area contributed by atoms with E-state index in [0.29, 0.717) is 6.54 Å². The number of nitrogens with two attached hydrogens (primary N) is 1. The number of hydrogen-bond donors (Lipinski definition) is 1. The topological polar surface area (TPSA) is 60.9 Å². The molecule has 1 aromatic carbocycles. The number of ketones is 1. The van der Waals surface area contributed by atoms with Crippen LogP contribution in [0.5, 0.6) is 0 Å². The van der Waals surface area contributed by atoms with Crippen LogP contribution in [0.25, 0.3) is 0 Å². The maximum Gasteiger partial charge on any atom is 0.416 e. The van der Waals surface area contributed by atoms with Gasteiger partial charge in [-0.05, 0) is 25.1 Å². The highest BCUT2D eigenvalue weighted by atomic mass is 19.4. The van der Waals surface area contributed by atoms with Crippen molar-refractivity contribution in [2.24, 2.45) is 0 Å². The zero-order valence-corrected chi connectivity index (χ0v) is 10.6. The van der Waals surface area contributed by atoms with Crippen molar-refractivity contribution in [3.05, 3.63) is 47.3 Å². The van der Waals surface area contributed by atoms with Gasteiger partial charge in [0.2, 0.25) is 0 Å². The first kappa shape index (κ1) is 14.1. The zero-order valence-electron chi connectivity index (χ0n) is 10.6. The van der Waals surface area contributed by atoms with Gasteiger partial charge >= 0.3 is 6.18 Å². The predicted molar refractivity (Wildman–Crippen MR) is 67.2 cm³/mol. The average molecular weight is 283 g/mol. The Bertz CT molecular complexity index is 647. The van der Waals surface area contributed by atoms with Crippen LogP contribution in [-0.2, 0) is 12.7 Å². The highest BCUT2D eigenvalue weighted by molar-refractivity contribution is 6.11. The molecule has 0 fully saturated rings. The lowest BCUT2D eigenvalue weighted by molar-refractivity contribution is -0.137. The van der Waals surface area contributed by atoms with Gasteiger partial charge < -0.3 is 5.73 Å². The highest BCUT2D eigenvalue weighted by Gasteiger charge is 2.31. The van der Waals surface area contributed by atoms with Crippen molar-refractivity contribution < 1.29 is 18.0 Å². The van der Waals surface area contributed by atoms with Crippen molar-refractivity contribution in [1.29, 1.82) is 0 Å². The van der Waals surface area contributed by atoms with Crippen molar-refractivity contribution in [3.8, 4) is 0 Å². The lowest BCUT2D eigenvalue weighted by Gasteiger charge is -2.10. The smallest absolute Gasteiger partial charge is 0.398 e. The van der Waals surface area contributed by atoms with Crippen LogP contribution in [0.4, 0.5) is 18.9 Å². The van der Waals surface area contributed by atoms with Gasteiger partial charge in [-0.15, -0.1) is 0 Å². The van der Waals surface area contributed by atoms with E-state index in [2.05, 4.69) is 5.10 Å². The Labute approximate surface area is 113 Å². The molecule has 1 heterocycles. The number of anilines is 1. The van der Waals surface area contributed by atoms with Crippen molar-refractivity contribution in [1.82, 2.24) is 9.78 Å². The largest absolute Gasteiger partial charge is 0.416 e. The average Bonchev–Trinajstić information content (AvgIpc) is 2.86. The Morgan fingerprint density at radius 2 is 2.10 bits per heavy atom. The fraction of sp³-hybridized carbons (Fsp3) is 0.231. The molecule has 2 aromatic rings. The molecule has 106 valence electrons. The molecule has 0 aliphatic carbocycles. The fourth-order valence-corrected chi connectivity index (χ4v) is 1.74. The summed E-state index contributed by atoms with van der Waals surface area (Å²) < 4.78 is 39.5. The second-order valence-corrected chi connectivity index (χ2v) is 4.21. The summed E-state index contributed by atoms with van der Waals surface area (Å²) in [5.74, 6) is -0.576. The monoisotopic (exact) mass is 283 g/mol. The molecular weight excluding hydrogens is 271 g/mol. The van der Waals surface area contributed by atoms with E-state index in [1.165, 1.54) is 17.1 Å². The van der Waals surface area contributed by atoms with E-state index >= 15 is 0 Å². The van der Waals surface area contributed by atoms with Crippen molar-refractivity contribution in [3.63, 3.8) is 0 Å². The quantitative estimate of drug-likeness (QED) is 0.696. The van der Waals surface area contributed by atoms with E-state index < -0.39 is 17.5 Å². The van der Waals surface area contributed by atoms with Crippen LogP contribution < -0.4 is 5.73 Å². The molecule has 2 N–H and O–H groups in total. The van der Waals surface area contributed by atoms with Gasteiger partial charge in [0.25, 0.3) is 0 Å². The Morgan fingerprint density at radius 3 is 2.65 bits per heavy atom. The van der Waals surface area contributed by atoms with Crippen LogP contribution in [-0.4, -0.2) is 15.6 Å². The summed E-state index contributed by atoms with van der Waals surface area (Å²) in [5.41, 5.74) is 4.73. The third-order valence-electron chi connectivity index (χ3n) is 2.84. The van der Waals surface area contributed by atoms with Crippen molar-refractivity contribution in [2.45, 2.75) is 19.6 Å². The molecule has 0 aliphatic heterocycles. The molecule has 1 aromatic heterocycles. The van der Waals surface area contributed by atoms with Crippen molar-refractivity contribution in [2.75, 3.05) is 5.73 Å². The number of benzene rings is 1. The van der Waals surface area contributed by atoms with Gasteiger partial charge in [0, 0.05) is 24.0 Å². The Morgan fingerprint density at radius 1 is 1.40 bits per heavy atom. The molecule has 0 aliphatic rings. The minimum Gasteiger partial charge on any atom is -0.398 e. The zero-order chi connectivity index (χ0) is 14.9. The first-order valence-electron chi connectivity index (χ1n) is 5.86. The molecule has 20 heavy (non-hydrogen) atoms. The molecule has 0 atom stereocenters. The Kier molecular flexibility index (Phi) is 3.52. The summed E-state index contributed by atoms with van der Waals surface area (Å²) >= 11 is 0. The van der Waals surface area contributed by atoms with E-state index in [1.807, 2.05) is 6.92 Å². The number of alkyl halides is 3. The number of carbonyl (C=O) groups is 1. The van der Waals surface area contributed by atoms with Crippen LogP contribution in [0, 0.1) is 0 Å². The SMILES string of the molecule is CCn1cc(C(=O)c2cc(C(F)(F)F)ccc2N)cn1. The van der Waals surface area contributed by atoms with Gasteiger partial charge in [0.15, 0.2) is 5.78 Å². The molecule has 0 unspecified atom stereocenters. The third-order valence-corrected chi connectivity index (χ3v) is 2.84. The molecule has 0 amide bonds. The molecule has 0 saturated heterocycles. The van der Waals surface area contributed by atoms with Gasteiger partial charge in [-0.2, -0.15) is 18.3 Å².